The van der Waals surface area contributed by atoms with E-state index in [9.17, 15) is 4.79 Å². The van der Waals surface area contributed by atoms with Gasteiger partial charge in [-0.3, -0.25) is 34.0 Å². The number of carbonyl (C=O) groups excluding carboxylic acids is 1. The molecule has 1 amide bonds. The third kappa shape index (κ3) is 7.18. The van der Waals surface area contributed by atoms with Gasteiger partial charge in [-0.1, -0.05) is 0 Å². The minimum Gasteiger partial charge on any atom is -0.415 e. The number of hydrogen-bond donors (Lipinski definition) is 6. The van der Waals surface area contributed by atoms with Gasteiger partial charge in [0.25, 0.3) is 0 Å². The van der Waals surface area contributed by atoms with Crippen LogP contribution in [0.15, 0.2) is 0 Å². The van der Waals surface area contributed by atoms with E-state index in [0.717, 1.165) is 0 Å². The maximum atomic E-state index is 10.7. The lowest BCUT2D eigenvalue weighted by Crippen LogP contribution is -2.70. The third-order valence-corrected chi connectivity index (χ3v) is 0.631. The van der Waals surface area contributed by atoms with Crippen molar-refractivity contribution < 1.29 is 9.53 Å². The van der Waals surface area contributed by atoms with Gasteiger partial charge in [0.15, 0.2) is 5.91 Å². The van der Waals surface area contributed by atoms with Gasteiger partial charge in [0.05, 0.1) is 0 Å². The summed E-state index contributed by atoms with van der Waals surface area (Å²) in [6.07, 6.45) is -0.991. The smallest absolute Gasteiger partial charge is 0.413 e. The van der Waals surface area contributed by atoms with Crippen molar-refractivity contribution in [2.24, 2.45) is 28.7 Å². The van der Waals surface area contributed by atoms with Crippen molar-refractivity contribution in [2.45, 2.75) is 18.7 Å². The molecule has 0 bridgehead atoms. The van der Waals surface area contributed by atoms with E-state index >= 15 is 0 Å². The number of alkyl carbamates (subject to hydrolysis) is 1. The third-order valence-electron chi connectivity index (χ3n) is 0.631. The summed E-state index contributed by atoms with van der Waals surface area (Å²) in [5, 5.41) is 1.89. The summed E-state index contributed by atoms with van der Waals surface area (Å²) >= 11 is 0. The molecule has 0 rings (SSSR count). The number of nitrogens with two attached hydrogens (primary N) is 5. The first-order valence-corrected chi connectivity index (χ1v) is 3.06. The second-order valence-electron chi connectivity index (χ2n) is 2.63. The predicted octanol–water partition coefficient (Wildman–Crippen LogP) is -3.21. The van der Waals surface area contributed by atoms with Crippen LogP contribution in [-0.4, -0.2) is 17.9 Å². The van der Waals surface area contributed by atoms with Crippen molar-refractivity contribution in [1.82, 2.24) is 5.32 Å². The lowest BCUT2D eigenvalue weighted by molar-refractivity contribution is 0.0293. The number of hydrogen-bond acceptors (Lipinski definition) is 7. The molecule has 0 aromatic heterocycles. The van der Waals surface area contributed by atoms with Gasteiger partial charge in [0.1, 0.15) is 0 Å². The highest BCUT2D eigenvalue weighted by Crippen LogP contribution is 1.91. The van der Waals surface area contributed by atoms with E-state index in [4.69, 9.17) is 28.7 Å². The molecule has 0 aliphatic rings. The zero-order valence-corrected chi connectivity index (χ0v) is 6.70. The summed E-state index contributed by atoms with van der Waals surface area (Å²) in [6, 6.07) is 0. The van der Waals surface area contributed by atoms with Gasteiger partial charge in [-0.05, 0) is 0 Å². The second kappa shape index (κ2) is 3.21. The van der Waals surface area contributed by atoms with Crippen LogP contribution in [0.2, 0.25) is 0 Å². The van der Waals surface area contributed by atoms with Crippen LogP contribution in [-0.2, 0) is 4.74 Å². The van der Waals surface area contributed by atoms with Crippen molar-refractivity contribution in [1.29, 1.82) is 0 Å². The molecule has 0 aromatic rings. The fourth-order valence-corrected chi connectivity index (χ4v) is 0.402. The van der Waals surface area contributed by atoms with Crippen LogP contribution >= 0.6 is 0 Å². The molecule has 0 radical (unpaired) electrons. The zero-order chi connectivity index (χ0) is 9.99. The summed E-state index contributed by atoms with van der Waals surface area (Å²) in [7, 11) is 0. The Morgan fingerprint density at radius 2 is 1.67 bits per heavy atom. The van der Waals surface area contributed by atoms with Crippen LogP contribution in [0.1, 0.15) is 6.92 Å². The van der Waals surface area contributed by atoms with Crippen LogP contribution in [0.4, 0.5) is 4.79 Å². The van der Waals surface area contributed by atoms with Crippen LogP contribution in [0.25, 0.3) is 0 Å². The summed E-state index contributed by atoms with van der Waals surface area (Å²) in [5.74, 6) is -3.43. The van der Waals surface area contributed by atoms with Crippen molar-refractivity contribution in [3.05, 3.63) is 0 Å². The van der Waals surface area contributed by atoms with Crippen LogP contribution in [0.3, 0.4) is 0 Å². The molecule has 11 N–H and O–H groups in total. The maximum absolute atomic E-state index is 10.7. The van der Waals surface area contributed by atoms with Gasteiger partial charge in [-0.15, -0.1) is 0 Å². The van der Waals surface area contributed by atoms with E-state index in [-0.39, 0.29) is 0 Å². The first-order chi connectivity index (χ1) is 5.10. The average molecular weight is 178 g/mol. The molecule has 0 aliphatic heterocycles. The van der Waals surface area contributed by atoms with Crippen LogP contribution in [0.5, 0.6) is 0 Å². The predicted molar refractivity (Wildman–Crippen MR) is 41.7 cm³/mol. The van der Waals surface area contributed by atoms with E-state index in [1.54, 1.807) is 0 Å². The highest BCUT2D eigenvalue weighted by Gasteiger charge is 2.22. The number of carbonyl (C=O) groups is 1. The van der Waals surface area contributed by atoms with Crippen molar-refractivity contribution in [2.75, 3.05) is 0 Å². The van der Waals surface area contributed by atoms with E-state index in [1.165, 1.54) is 6.92 Å². The topological polar surface area (TPSA) is 168 Å². The number of ether oxygens (including phenoxy) is 1. The molecule has 0 aromatic carbocycles. The van der Waals surface area contributed by atoms with E-state index < -0.39 is 17.9 Å². The standard InChI is InChI=1S/C4H14N6O2/c1-3(5,6)12-2(11)10-4(7,8)9/h5-9H2,1H3,(H,10,11). The normalized spacial score (nSPS) is 12.5. The Morgan fingerprint density at radius 1 is 1.25 bits per heavy atom. The van der Waals surface area contributed by atoms with Gasteiger partial charge in [0, 0.05) is 6.92 Å². The second-order valence-corrected chi connectivity index (χ2v) is 2.63. The molecule has 0 unspecified atom stereocenters. The maximum Gasteiger partial charge on any atom is 0.413 e. The fourth-order valence-electron chi connectivity index (χ4n) is 0.402. The summed E-state index contributed by atoms with van der Waals surface area (Å²) in [4.78, 5) is 10.7. The molecule has 0 saturated carbocycles. The molecule has 0 saturated heterocycles. The van der Waals surface area contributed by atoms with E-state index in [2.05, 4.69) is 4.74 Å². The van der Waals surface area contributed by atoms with Crippen LogP contribution in [0, 0.1) is 0 Å². The van der Waals surface area contributed by atoms with Crippen molar-refractivity contribution in [3.63, 3.8) is 0 Å². The minimum absolute atomic E-state index is 0.991. The molecule has 0 spiro atoms. The molecule has 12 heavy (non-hydrogen) atoms. The molecule has 8 heteroatoms. The quantitative estimate of drug-likeness (QED) is 0.242. The molecule has 0 fully saturated rings. The Kier molecular flexibility index (Phi) is 2.96. The molecule has 0 atom stereocenters. The van der Waals surface area contributed by atoms with Crippen LogP contribution < -0.4 is 34.0 Å². The lowest BCUT2D eigenvalue weighted by Gasteiger charge is -2.24. The largest absolute Gasteiger partial charge is 0.415 e. The highest BCUT2D eigenvalue weighted by molar-refractivity contribution is 5.68. The van der Waals surface area contributed by atoms with Gasteiger partial charge >= 0.3 is 6.09 Å². The van der Waals surface area contributed by atoms with Gasteiger partial charge in [-0.25, -0.2) is 4.79 Å². The molecule has 72 valence electrons. The number of amides is 1. The molecular weight excluding hydrogens is 164 g/mol. The molecular formula is C4H14N6O2. The minimum atomic E-state index is -1.84. The van der Waals surface area contributed by atoms with E-state index in [1.807, 2.05) is 5.32 Å². The Bertz CT molecular complexity index is 149. The number of nitrogens with one attached hydrogen (secondary N) is 1. The Labute approximate surface area is 69.4 Å². The summed E-state index contributed by atoms with van der Waals surface area (Å²) in [6.45, 7) is 1.28. The Hall–Kier alpha value is -0.930. The van der Waals surface area contributed by atoms with Crippen molar-refractivity contribution in [3.8, 4) is 0 Å². The van der Waals surface area contributed by atoms with Gasteiger partial charge < -0.3 is 4.74 Å². The molecule has 0 aliphatic carbocycles. The van der Waals surface area contributed by atoms with Gasteiger partial charge in [-0.2, -0.15) is 0 Å². The first-order valence-electron chi connectivity index (χ1n) is 3.06. The highest BCUT2D eigenvalue weighted by atomic mass is 16.6. The van der Waals surface area contributed by atoms with Crippen molar-refractivity contribution >= 4 is 6.09 Å². The summed E-state index contributed by atoms with van der Waals surface area (Å²) in [5.41, 5.74) is 25.3. The molecule has 0 heterocycles. The average Bonchev–Trinajstić information content (AvgIpc) is 1.49. The summed E-state index contributed by atoms with van der Waals surface area (Å²) < 4.78 is 4.38. The fraction of sp³-hybridized carbons (Fsp3) is 0.750. The molecule has 8 nitrogen and oxygen atoms in total. The Balaban J connectivity index is 3.92. The first kappa shape index (κ1) is 11.1. The lowest BCUT2D eigenvalue weighted by atomic mass is 10.5. The van der Waals surface area contributed by atoms with Gasteiger partial charge in [0.2, 0.25) is 5.85 Å². The number of rotatable bonds is 2. The SMILES string of the molecule is CC(N)(N)OC(=O)NC(N)(N)N. The Morgan fingerprint density at radius 3 is 1.92 bits per heavy atom. The van der Waals surface area contributed by atoms with E-state index in [0.29, 0.717) is 0 Å². The monoisotopic (exact) mass is 178 g/mol. The zero-order valence-electron chi connectivity index (χ0n) is 6.70.